The number of nitrogens with zero attached hydrogens (tertiary/aromatic N) is 1. The predicted octanol–water partition coefficient (Wildman–Crippen LogP) is 3.33. The Kier molecular flexibility index (Phi) is 10.1. The first kappa shape index (κ1) is 25.7. The van der Waals surface area contributed by atoms with Gasteiger partial charge in [-0.25, -0.2) is 10.3 Å². The van der Waals surface area contributed by atoms with E-state index >= 15 is 0 Å². The SMILES string of the molecule is COc1cc(Cl)c(C)cc1NC(=O)NCC(C)CC(=O)N(CC(=O)NO)CC1CCCC1. The number of benzene rings is 1. The van der Waals surface area contributed by atoms with Gasteiger partial charge >= 0.3 is 6.03 Å². The van der Waals surface area contributed by atoms with Crippen LogP contribution in [-0.2, 0) is 9.59 Å². The monoisotopic (exact) mass is 468 g/mol. The molecule has 4 N–H and O–H groups in total. The maximum atomic E-state index is 12.8. The summed E-state index contributed by atoms with van der Waals surface area (Å²) >= 11 is 6.09. The second-order valence-corrected chi connectivity index (χ2v) is 8.81. The summed E-state index contributed by atoms with van der Waals surface area (Å²) in [5.41, 5.74) is 2.89. The minimum absolute atomic E-state index is 0.148. The molecule has 32 heavy (non-hydrogen) atoms. The van der Waals surface area contributed by atoms with E-state index in [1.54, 1.807) is 17.6 Å². The van der Waals surface area contributed by atoms with Gasteiger partial charge in [0.15, 0.2) is 0 Å². The average molecular weight is 469 g/mol. The van der Waals surface area contributed by atoms with Crippen LogP contribution < -0.4 is 20.9 Å². The smallest absolute Gasteiger partial charge is 0.319 e. The molecule has 0 bridgehead atoms. The fraction of sp³-hybridized carbons (Fsp3) is 0.591. The Morgan fingerprint density at radius 2 is 1.97 bits per heavy atom. The van der Waals surface area contributed by atoms with Crippen LogP contribution in [0.2, 0.25) is 5.02 Å². The number of methoxy groups -OCH3 is 1. The van der Waals surface area contributed by atoms with Crippen molar-refractivity contribution in [2.24, 2.45) is 11.8 Å². The second-order valence-electron chi connectivity index (χ2n) is 8.41. The number of halogens is 1. The van der Waals surface area contributed by atoms with E-state index in [9.17, 15) is 14.4 Å². The Balaban J connectivity index is 1.87. The first-order chi connectivity index (χ1) is 15.2. The van der Waals surface area contributed by atoms with E-state index in [-0.39, 0.29) is 31.3 Å². The summed E-state index contributed by atoms with van der Waals surface area (Å²) < 4.78 is 5.25. The molecule has 0 spiro atoms. The van der Waals surface area contributed by atoms with Crippen molar-refractivity contribution in [1.82, 2.24) is 15.7 Å². The summed E-state index contributed by atoms with van der Waals surface area (Å²) in [6, 6.07) is 2.93. The molecule has 1 aliphatic rings. The lowest BCUT2D eigenvalue weighted by atomic mass is 10.0. The van der Waals surface area contributed by atoms with Gasteiger partial charge in [0, 0.05) is 30.6 Å². The second kappa shape index (κ2) is 12.5. The van der Waals surface area contributed by atoms with E-state index in [1.165, 1.54) is 12.0 Å². The van der Waals surface area contributed by atoms with Gasteiger partial charge in [-0.2, -0.15) is 0 Å². The molecule has 0 radical (unpaired) electrons. The highest BCUT2D eigenvalue weighted by Gasteiger charge is 2.25. The molecule has 178 valence electrons. The topological polar surface area (TPSA) is 120 Å². The zero-order valence-electron chi connectivity index (χ0n) is 18.9. The third kappa shape index (κ3) is 7.87. The fourth-order valence-electron chi connectivity index (χ4n) is 3.83. The minimum Gasteiger partial charge on any atom is -0.495 e. The van der Waals surface area contributed by atoms with E-state index in [2.05, 4.69) is 10.6 Å². The van der Waals surface area contributed by atoms with Crippen molar-refractivity contribution in [3.8, 4) is 5.75 Å². The molecule has 1 aromatic carbocycles. The maximum absolute atomic E-state index is 12.8. The van der Waals surface area contributed by atoms with Gasteiger partial charge in [-0.1, -0.05) is 31.4 Å². The molecule has 0 heterocycles. The van der Waals surface area contributed by atoms with Gasteiger partial charge in [0.1, 0.15) is 12.3 Å². The minimum atomic E-state index is -0.617. The van der Waals surface area contributed by atoms with Gasteiger partial charge in [-0.15, -0.1) is 0 Å². The summed E-state index contributed by atoms with van der Waals surface area (Å²) in [5.74, 6) is -0.115. The highest BCUT2D eigenvalue weighted by atomic mass is 35.5. The number of rotatable bonds is 10. The third-order valence-corrected chi connectivity index (χ3v) is 6.04. The zero-order chi connectivity index (χ0) is 23.7. The van der Waals surface area contributed by atoms with Crippen LogP contribution in [0.3, 0.4) is 0 Å². The van der Waals surface area contributed by atoms with Crippen LogP contribution in [0.25, 0.3) is 0 Å². The molecular weight excluding hydrogens is 436 g/mol. The summed E-state index contributed by atoms with van der Waals surface area (Å²) in [6.45, 7) is 4.28. The summed E-state index contributed by atoms with van der Waals surface area (Å²) in [6.07, 6.45) is 4.51. The Bertz CT molecular complexity index is 814. The Morgan fingerprint density at radius 3 is 2.59 bits per heavy atom. The number of hydrogen-bond donors (Lipinski definition) is 4. The van der Waals surface area contributed by atoms with Crippen LogP contribution in [0.15, 0.2) is 12.1 Å². The predicted molar refractivity (Wildman–Crippen MR) is 122 cm³/mol. The first-order valence-electron chi connectivity index (χ1n) is 10.8. The molecule has 4 amide bonds. The molecule has 1 aromatic rings. The maximum Gasteiger partial charge on any atom is 0.319 e. The molecule has 1 saturated carbocycles. The van der Waals surface area contributed by atoms with Gasteiger partial charge in [-0.3, -0.25) is 14.8 Å². The molecule has 0 saturated heterocycles. The Hall–Kier alpha value is -2.52. The number of anilines is 1. The van der Waals surface area contributed by atoms with E-state index in [4.69, 9.17) is 21.5 Å². The van der Waals surface area contributed by atoms with Crippen LogP contribution in [0.4, 0.5) is 10.5 Å². The van der Waals surface area contributed by atoms with Crippen LogP contribution in [0, 0.1) is 18.8 Å². The number of hydroxylamine groups is 1. The van der Waals surface area contributed by atoms with E-state index < -0.39 is 11.9 Å². The normalized spacial score (nSPS) is 14.5. The highest BCUT2D eigenvalue weighted by Crippen LogP contribution is 2.31. The third-order valence-electron chi connectivity index (χ3n) is 5.63. The number of carbonyl (C=O) groups is 3. The van der Waals surface area contributed by atoms with Crippen molar-refractivity contribution < 1.29 is 24.3 Å². The number of amides is 4. The largest absolute Gasteiger partial charge is 0.495 e. The summed E-state index contributed by atoms with van der Waals surface area (Å²) in [4.78, 5) is 38.2. The van der Waals surface area contributed by atoms with Crippen molar-refractivity contribution in [3.05, 3.63) is 22.7 Å². The van der Waals surface area contributed by atoms with Gasteiger partial charge < -0.3 is 20.3 Å². The molecule has 1 fully saturated rings. The number of carbonyl (C=O) groups excluding carboxylic acids is 3. The molecule has 1 unspecified atom stereocenters. The lowest BCUT2D eigenvalue weighted by Crippen LogP contribution is -2.43. The highest BCUT2D eigenvalue weighted by molar-refractivity contribution is 6.31. The number of ether oxygens (including phenoxy) is 1. The van der Waals surface area contributed by atoms with E-state index in [1.807, 2.05) is 13.8 Å². The van der Waals surface area contributed by atoms with Gasteiger partial charge in [0.05, 0.1) is 12.8 Å². The fourth-order valence-corrected chi connectivity index (χ4v) is 3.98. The van der Waals surface area contributed by atoms with Crippen LogP contribution >= 0.6 is 11.6 Å². The molecule has 1 aliphatic carbocycles. The molecule has 1 atom stereocenters. The first-order valence-corrected chi connectivity index (χ1v) is 11.2. The molecular formula is C22H33ClN4O5. The lowest BCUT2D eigenvalue weighted by Gasteiger charge is -2.26. The van der Waals surface area contributed by atoms with E-state index in [0.717, 1.165) is 31.2 Å². The number of nitrogens with one attached hydrogen (secondary N) is 3. The number of urea groups is 1. The van der Waals surface area contributed by atoms with Crippen molar-refractivity contribution in [3.63, 3.8) is 0 Å². The molecule has 2 rings (SSSR count). The van der Waals surface area contributed by atoms with Crippen molar-refractivity contribution >= 4 is 35.1 Å². The molecule has 0 aliphatic heterocycles. The number of hydrogen-bond acceptors (Lipinski definition) is 5. The molecule has 9 nitrogen and oxygen atoms in total. The quantitative estimate of drug-likeness (QED) is 0.310. The molecule has 10 heteroatoms. The van der Waals surface area contributed by atoms with Crippen molar-refractivity contribution in [2.45, 2.75) is 46.0 Å². The van der Waals surface area contributed by atoms with Gasteiger partial charge in [0.2, 0.25) is 5.91 Å². The van der Waals surface area contributed by atoms with Gasteiger partial charge in [-0.05, 0) is 43.2 Å². The molecule has 0 aromatic heterocycles. The van der Waals surface area contributed by atoms with Crippen LogP contribution in [0.5, 0.6) is 5.75 Å². The Morgan fingerprint density at radius 1 is 1.28 bits per heavy atom. The van der Waals surface area contributed by atoms with Crippen molar-refractivity contribution in [1.29, 1.82) is 0 Å². The summed E-state index contributed by atoms with van der Waals surface area (Å²) in [7, 11) is 1.49. The Labute approximate surface area is 193 Å². The van der Waals surface area contributed by atoms with Gasteiger partial charge in [0.25, 0.3) is 5.91 Å². The van der Waals surface area contributed by atoms with Crippen LogP contribution in [-0.4, -0.2) is 54.7 Å². The van der Waals surface area contributed by atoms with Crippen LogP contribution in [0.1, 0.15) is 44.6 Å². The zero-order valence-corrected chi connectivity index (χ0v) is 19.6. The van der Waals surface area contributed by atoms with E-state index in [0.29, 0.717) is 28.9 Å². The number of aryl methyl sites for hydroxylation is 1. The summed E-state index contributed by atoms with van der Waals surface area (Å²) in [5, 5.41) is 14.9. The van der Waals surface area contributed by atoms with Crippen molar-refractivity contribution in [2.75, 3.05) is 32.1 Å². The standard InChI is InChI=1S/C22H33ClN4O5/c1-14(8-21(29)27(13-20(28)26-31)12-16-6-4-5-7-16)11-24-22(30)25-18-9-15(2)17(23)10-19(18)32-3/h9-10,14,16,31H,4-8,11-13H2,1-3H3,(H,26,28)(H2,24,25,30). The average Bonchev–Trinajstić information content (AvgIpc) is 3.27. The lowest BCUT2D eigenvalue weighted by molar-refractivity contribution is -0.140.